The normalized spacial score (nSPS) is 19.8. The van der Waals surface area contributed by atoms with E-state index in [1.807, 2.05) is 27.7 Å². The fourth-order valence-electron chi connectivity index (χ4n) is 1.88. The summed E-state index contributed by atoms with van der Waals surface area (Å²) in [5.74, 6) is 6.23. The number of Topliss-reactive ketones (excluding diaryl/α,β-unsaturated/α-hetero) is 1. The summed E-state index contributed by atoms with van der Waals surface area (Å²) in [5.41, 5.74) is 2.41. The fraction of sp³-hybridized carbons (Fsp3) is 0.500. The second-order valence-electron chi connectivity index (χ2n) is 4.80. The highest BCUT2D eigenvalue weighted by Gasteiger charge is 2.35. The first-order valence-corrected chi connectivity index (χ1v) is 5.42. The van der Waals surface area contributed by atoms with Crippen molar-refractivity contribution in [1.29, 1.82) is 0 Å². The van der Waals surface area contributed by atoms with Gasteiger partial charge in [0.05, 0.1) is 6.61 Å². The summed E-state index contributed by atoms with van der Waals surface area (Å²) in [6, 6.07) is 0. The fourth-order valence-corrected chi connectivity index (χ4v) is 1.88. The summed E-state index contributed by atoms with van der Waals surface area (Å²) < 4.78 is 0. The molecule has 0 heterocycles. The molecule has 2 nitrogen and oxygen atoms in total. The van der Waals surface area contributed by atoms with Crippen LogP contribution in [0, 0.1) is 17.3 Å². The Hall–Kier alpha value is -1.33. The van der Waals surface area contributed by atoms with Gasteiger partial charge in [-0.15, -0.1) is 0 Å². The first-order valence-electron chi connectivity index (χ1n) is 5.42. The van der Waals surface area contributed by atoms with E-state index in [1.54, 1.807) is 6.08 Å². The second-order valence-corrected chi connectivity index (χ2v) is 4.80. The molecule has 0 saturated carbocycles. The molecule has 0 aromatic heterocycles. The molecule has 0 fully saturated rings. The zero-order valence-electron chi connectivity index (χ0n) is 10.3. The van der Waals surface area contributed by atoms with Crippen LogP contribution in [0.2, 0.25) is 0 Å². The average Bonchev–Trinajstić information content (AvgIpc) is 2.34. The smallest absolute Gasteiger partial charge is 0.160 e. The number of carbonyl (C=O) groups excluding carboxylic acids is 1. The molecular weight excluding hydrogens is 200 g/mol. The molecular formula is C14H18O2. The van der Waals surface area contributed by atoms with E-state index in [0.717, 1.165) is 16.7 Å². The van der Waals surface area contributed by atoms with Gasteiger partial charge < -0.3 is 5.11 Å². The van der Waals surface area contributed by atoms with E-state index in [4.69, 9.17) is 5.11 Å². The van der Waals surface area contributed by atoms with Gasteiger partial charge in [0.1, 0.15) is 0 Å². The summed E-state index contributed by atoms with van der Waals surface area (Å²) >= 11 is 0. The lowest BCUT2D eigenvalue weighted by Crippen LogP contribution is -2.10. The van der Waals surface area contributed by atoms with Crippen LogP contribution in [0.5, 0.6) is 0 Å². The molecule has 1 rings (SSSR count). The van der Waals surface area contributed by atoms with Crippen LogP contribution in [0.15, 0.2) is 22.8 Å². The van der Waals surface area contributed by atoms with Crippen LogP contribution in [-0.4, -0.2) is 17.5 Å². The van der Waals surface area contributed by atoms with Gasteiger partial charge in [0.25, 0.3) is 0 Å². The predicted molar refractivity (Wildman–Crippen MR) is 64.7 cm³/mol. The molecule has 1 aliphatic carbocycles. The van der Waals surface area contributed by atoms with Crippen LogP contribution in [-0.2, 0) is 4.79 Å². The molecule has 1 N–H and O–H groups in total. The molecule has 16 heavy (non-hydrogen) atoms. The lowest BCUT2D eigenvalue weighted by molar-refractivity contribution is -0.115. The predicted octanol–water partition coefficient (Wildman–Crippen LogP) is 2.24. The number of hydrogen-bond acceptors (Lipinski definition) is 2. The van der Waals surface area contributed by atoms with Gasteiger partial charge >= 0.3 is 0 Å². The summed E-state index contributed by atoms with van der Waals surface area (Å²) in [4.78, 5) is 11.6. The van der Waals surface area contributed by atoms with Crippen LogP contribution < -0.4 is 0 Å². The van der Waals surface area contributed by atoms with Gasteiger partial charge in [0.15, 0.2) is 5.78 Å². The van der Waals surface area contributed by atoms with Crippen molar-refractivity contribution in [1.82, 2.24) is 0 Å². The van der Waals surface area contributed by atoms with Gasteiger partial charge in [-0.2, -0.15) is 0 Å². The quantitative estimate of drug-likeness (QED) is 0.685. The molecule has 0 amide bonds. The van der Waals surface area contributed by atoms with Crippen molar-refractivity contribution >= 4 is 5.78 Å². The first kappa shape index (κ1) is 12.7. The molecule has 0 saturated heterocycles. The van der Waals surface area contributed by atoms with Crippen LogP contribution in [0.4, 0.5) is 0 Å². The maximum atomic E-state index is 11.6. The Kier molecular flexibility index (Phi) is 3.72. The van der Waals surface area contributed by atoms with Crippen molar-refractivity contribution in [3.05, 3.63) is 22.8 Å². The summed E-state index contributed by atoms with van der Waals surface area (Å²) in [7, 11) is 0. The van der Waals surface area contributed by atoms with E-state index in [2.05, 4.69) is 11.8 Å². The van der Waals surface area contributed by atoms with Gasteiger partial charge in [0.2, 0.25) is 0 Å². The summed E-state index contributed by atoms with van der Waals surface area (Å²) in [6.45, 7) is 7.77. The molecule has 1 aliphatic rings. The third-order valence-corrected chi connectivity index (χ3v) is 2.85. The Morgan fingerprint density at radius 3 is 2.62 bits per heavy atom. The van der Waals surface area contributed by atoms with Crippen LogP contribution in [0.25, 0.3) is 0 Å². The number of aliphatic hydroxyl groups excluding tert-OH is 1. The van der Waals surface area contributed by atoms with Crippen LogP contribution in [0.3, 0.4) is 0 Å². The van der Waals surface area contributed by atoms with Gasteiger partial charge in [0, 0.05) is 23.0 Å². The van der Waals surface area contributed by atoms with Crippen LogP contribution >= 0.6 is 0 Å². The van der Waals surface area contributed by atoms with Gasteiger partial charge in [-0.3, -0.25) is 4.79 Å². The Bertz CT molecular complexity index is 425. The highest BCUT2D eigenvalue weighted by molar-refractivity contribution is 6.00. The molecule has 0 radical (unpaired) electrons. The van der Waals surface area contributed by atoms with E-state index in [1.165, 1.54) is 0 Å². The van der Waals surface area contributed by atoms with Crippen molar-refractivity contribution in [3.63, 3.8) is 0 Å². The van der Waals surface area contributed by atoms with E-state index >= 15 is 0 Å². The van der Waals surface area contributed by atoms with E-state index < -0.39 is 0 Å². The SMILES string of the molecule is CC1=C(C#C/C(C)=C/CO)C(C)(C)CC1=O. The Balaban J connectivity index is 3.05. The molecule has 0 unspecified atom stereocenters. The minimum Gasteiger partial charge on any atom is -0.392 e. The maximum absolute atomic E-state index is 11.6. The zero-order valence-corrected chi connectivity index (χ0v) is 10.3. The number of hydrogen-bond donors (Lipinski definition) is 1. The average molecular weight is 218 g/mol. The van der Waals surface area contributed by atoms with E-state index in [9.17, 15) is 4.79 Å². The molecule has 0 atom stereocenters. The largest absolute Gasteiger partial charge is 0.392 e. The Labute approximate surface area is 97.1 Å². The number of allylic oxidation sites excluding steroid dienone is 3. The van der Waals surface area contributed by atoms with Crippen molar-refractivity contribution in [2.45, 2.75) is 34.1 Å². The highest BCUT2D eigenvalue weighted by Crippen LogP contribution is 2.39. The first-order chi connectivity index (χ1) is 7.38. The third-order valence-electron chi connectivity index (χ3n) is 2.85. The number of rotatable bonds is 1. The summed E-state index contributed by atoms with van der Waals surface area (Å²) in [5, 5.41) is 8.72. The second kappa shape index (κ2) is 4.67. The topological polar surface area (TPSA) is 37.3 Å². The maximum Gasteiger partial charge on any atom is 0.160 e. The molecule has 0 bridgehead atoms. The molecule has 2 heteroatoms. The van der Waals surface area contributed by atoms with Crippen molar-refractivity contribution in [3.8, 4) is 11.8 Å². The molecule has 0 spiro atoms. The molecule has 0 aromatic rings. The number of ketones is 1. The van der Waals surface area contributed by atoms with Gasteiger partial charge in [-0.05, 0) is 25.5 Å². The third kappa shape index (κ3) is 2.62. The molecule has 0 aliphatic heterocycles. The molecule has 86 valence electrons. The van der Waals surface area contributed by atoms with Gasteiger partial charge in [-0.1, -0.05) is 25.7 Å². The lowest BCUT2D eigenvalue weighted by atomic mass is 9.85. The van der Waals surface area contributed by atoms with Gasteiger partial charge in [-0.25, -0.2) is 0 Å². The summed E-state index contributed by atoms with van der Waals surface area (Å²) in [6.07, 6.45) is 2.21. The monoisotopic (exact) mass is 218 g/mol. The lowest BCUT2D eigenvalue weighted by Gasteiger charge is -2.16. The van der Waals surface area contributed by atoms with E-state index in [-0.39, 0.29) is 17.8 Å². The highest BCUT2D eigenvalue weighted by atomic mass is 16.2. The zero-order chi connectivity index (χ0) is 12.3. The van der Waals surface area contributed by atoms with Crippen molar-refractivity contribution in [2.75, 3.05) is 6.61 Å². The van der Waals surface area contributed by atoms with E-state index in [0.29, 0.717) is 6.42 Å². The van der Waals surface area contributed by atoms with Crippen LogP contribution in [0.1, 0.15) is 34.1 Å². The number of carbonyl (C=O) groups is 1. The minimum absolute atomic E-state index is 0.000860. The van der Waals surface area contributed by atoms with Crippen molar-refractivity contribution in [2.24, 2.45) is 5.41 Å². The van der Waals surface area contributed by atoms with Crippen molar-refractivity contribution < 1.29 is 9.90 Å². The minimum atomic E-state index is -0.145. The molecule has 0 aromatic carbocycles. The Morgan fingerprint density at radius 1 is 1.56 bits per heavy atom. The number of aliphatic hydroxyl groups is 1. The standard InChI is InChI=1S/C14H18O2/c1-10(7-8-15)5-6-12-11(2)13(16)9-14(12,3)4/h7,15H,8-9H2,1-4H3/b10-7+. The Morgan fingerprint density at radius 2 is 2.19 bits per heavy atom.